The Labute approximate surface area is 128 Å². The van der Waals surface area contributed by atoms with Gasteiger partial charge in [-0.3, -0.25) is 4.79 Å². The molecule has 1 amide bonds. The van der Waals surface area contributed by atoms with Gasteiger partial charge in [0.1, 0.15) is 0 Å². The third kappa shape index (κ3) is 5.51. The SMILES string of the molecule is CCCC(N)C(=O)N(C)C(C)Cc1ccc(C)cc1.Cl. The van der Waals surface area contributed by atoms with Crippen LogP contribution in [-0.2, 0) is 11.2 Å². The van der Waals surface area contributed by atoms with Crippen LogP contribution in [-0.4, -0.2) is 29.9 Å². The predicted molar refractivity (Wildman–Crippen MR) is 87.2 cm³/mol. The van der Waals surface area contributed by atoms with Crippen molar-refractivity contribution in [3.05, 3.63) is 35.4 Å². The lowest BCUT2D eigenvalue weighted by atomic mass is 10.0. The summed E-state index contributed by atoms with van der Waals surface area (Å²) in [5.41, 5.74) is 8.40. The predicted octanol–water partition coefficient (Wildman–Crippen LogP) is 2.93. The van der Waals surface area contributed by atoms with E-state index in [2.05, 4.69) is 38.1 Å². The molecule has 3 nitrogen and oxygen atoms in total. The Morgan fingerprint density at radius 3 is 2.35 bits per heavy atom. The number of aryl methyl sites for hydroxylation is 1. The van der Waals surface area contributed by atoms with Crippen molar-refractivity contribution in [1.82, 2.24) is 4.90 Å². The minimum Gasteiger partial charge on any atom is -0.341 e. The third-order valence-corrected chi connectivity index (χ3v) is 3.58. The molecule has 0 aliphatic carbocycles. The molecule has 0 saturated heterocycles. The molecule has 0 aliphatic rings. The van der Waals surface area contributed by atoms with Crippen LogP contribution in [0.25, 0.3) is 0 Å². The van der Waals surface area contributed by atoms with Gasteiger partial charge in [-0.1, -0.05) is 43.2 Å². The van der Waals surface area contributed by atoms with Crippen LogP contribution in [0.3, 0.4) is 0 Å². The second kappa shape index (κ2) is 8.98. The van der Waals surface area contributed by atoms with Crippen LogP contribution in [0, 0.1) is 6.92 Å². The molecule has 0 aromatic heterocycles. The highest BCUT2D eigenvalue weighted by Crippen LogP contribution is 2.10. The molecule has 1 rings (SSSR count). The third-order valence-electron chi connectivity index (χ3n) is 3.58. The molecular formula is C16H27ClN2O. The van der Waals surface area contributed by atoms with Crippen LogP contribution in [0.15, 0.2) is 24.3 Å². The molecule has 0 radical (unpaired) electrons. The number of hydrogen-bond donors (Lipinski definition) is 1. The average molecular weight is 299 g/mol. The van der Waals surface area contributed by atoms with E-state index in [4.69, 9.17) is 5.73 Å². The number of hydrogen-bond acceptors (Lipinski definition) is 2. The number of carbonyl (C=O) groups excluding carboxylic acids is 1. The maximum atomic E-state index is 12.1. The van der Waals surface area contributed by atoms with Crippen molar-refractivity contribution in [1.29, 1.82) is 0 Å². The van der Waals surface area contributed by atoms with Crippen LogP contribution in [0.4, 0.5) is 0 Å². The Bertz CT molecular complexity index is 405. The molecule has 0 aliphatic heterocycles. The van der Waals surface area contributed by atoms with E-state index < -0.39 is 0 Å². The Morgan fingerprint density at radius 2 is 1.85 bits per heavy atom. The van der Waals surface area contributed by atoms with Crippen LogP contribution >= 0.6 is 12.4 Å². The number of carbonyl (C=O) groups is 1. The number of likely N-dealkylation sites (N-methyl/N-ethyl adjacent to an activating group) is 1. The molecule has 2 N–H and O–H groups in total. The summed E-state index contributed by atoms with van der Waals surface area (Å²) >= 11 is 0. The lowest BCUT2D eigenvalue weighted by Gasteiger charge is -2.27. The van der Waals surface area contributed by atoms with E-state index in [0.29, 0.717) is 0 Å². The second-order valence-corrected chi connectivity index (χ2v) is 5.38. The Balaban J connectivity index is 0.00000361. The number of benzene rings is 1. The molecule has 0 fully saturated rings. The van der Waals surface area contributed by atoms with Crippen LogP contribution < -0.4 is 5.73 Å². The molecule has 20 heavy (non-hydrogen) atoms. The highest BCUT2D eigenvalue weighted by atomic mass is 35.5. The molecule has 0 saturated carbocycles. The molecule has 0 heterocycles. The molecule has 1 aromatic carbocycles. The molecule has 2 atom stereocenters. The summed E-state index contributed by atoms with van der Waals surface area (Å²) in [5, 5.41) is 0. The van der Waals surface area contributed by atoms with Crippen molar-refractivity contribution in [2.24, 2.45) is 5.73 Å². The van der Waals surface area contributed by atoms with Crippen molar-refractivity contribution in [3.63, 3.8) is 0 Å². The molecule has 1 aromatic rings. The zero-order valence-electron chi connectivity index (χ0n) is 12.9. The molecule has 0 bridgehead atoms. The fraction of sp³-hybridized carbons (Fsp3) is 0.562. The summed E-state index contributed by atoms with van der Waals surface area (Å²) in [5.74, 6) is 0.0430. The summed E-state index contributed by atoms with van der Waals surface area (Å²) < 4.78 is 0. The van der Waals surface area contributed by atoms with E-state index >= 15 is 0 Å². The van der Waals surface area contributed by atoms with Gasteiger partial charge in [0.2, 0.25) is 5.91 Å². The summed E-state index contributed by atoms with van der Waals surface area (Å²) in [4.78, 5) is 13.9. The molecule has 2 unspecified atom stereocenters. The molecule has 0 spiro atoms. The Hall–Kier alpha value is -1.06. The van der Waals surface area contributed by atoms with Gasteiger partial charge in [-0.15, -0.1) is 12.4 Å². The molecule has 114 valence electrons. The van der Waals surface area contributed by atoms with Crippen LogP contribution in [0.2, 0.25) is 0 Å². The Morgan fingerprint density at radius 1 is 1.30 bits per heavy atom. The quantitative estimate of drug-likeness (QED) is 0.878. The second-order valence-electron chi connectivity index (χ2n) is 5.38. The lowest BCUT2D eigenvalue weighted by molar-refractivity contribution is -0.133. The largest absolute Gasteiger partial charge is 0.341 e. The normalized spacial score (nSPS) is 13.2. The Kier molecular flexibility index (Phi) is 8.51. The highest BCUT2D eigenvalue weighted by molar-refractivity contribution is 5.85. The van der Waals surface area contributed by atoms with Gasteiger partial charge < -0.3 is 10.6 Å². The molecular weight excluding hydrogens is 272 g/mol. The first-order valence-electron chi connectivity index (χ1n) is 7.03. The first kappa shape index (κ1) is 18.9. The number of amides is 1. The first-order valence-corrected chi connectivity index (χ1v) is 7.03. The number of nitrogens with two attached hydrogens (primary N) is 1. The van der Waals surface area contributed by atoms with Crippen molar-refractivity contribution < 1.29 is 4.79 Å². The smallest absolute Gasteiger partial charge is 0.239 e. The lowest BCUT2D eigenvalue weighted by Crippen LogP contribution is -2.46. The van der Waals surface area contributed by atoms with Gasteiger partial charge in [0.05, 0.1) is 6.04 Å². The van der Waals surface area contributed by atoms with Gasteiger partial charge in [-0.2, -0.15) is 0 Å². The standard InChI is InChI=1S/C16H26N2O.ClH/c1-5-6-15(17)16(19)18(4)13(3)11-14-9-7-12(2)8-10-14;/h7-10,13,15H,5-6,11,17H2,1-4H3;1H. The van der Waals surface area contributed by atoms with Gasteiger partial charge in [0, 0.05) is 13.1 Å². The van der Waals surface area contributed by atoms with E-state index in [-0.39, 0.29) is 30.4 Å². The maximum absolute atomic E-state index is 12.1. The van der Waals surface area contributed by atoms with Crippen molar-refractivity contribution >= 4 is 18.3 Å². The topological polar surface area (TPSA) is 46.3 Å². The van der Waals surface area contributed by atoms with E-state index in [9.17, 15) is 4.79 Å². The van der Waals surface area contributed by atoms with Gasteiger partial charge >= 0.3 is 0 Å². The first-order chi connectivity index (χ1) is 8.95. The summed E-state index contributed by atoms with van der Waals surface area (Å²) in [6, 6.07) is 8.25. The highest BCUT2D eigenvalue weighted by Gasteiger charge is 2.21. The van der Waals surface area contributed by atoms with Crippen molar-refractivity contribution in [2.75, 3.05) is 7.05 Å². The minimum absolute atomic E-state index is 0. The summed E-state index contributed by atoms with van der Waals surface area (Å²) in [6.45, 7) is 6.19. The fourth-order valence-electron chi connectivity index (χ4n) is 2.12. The maximum Gasteiger partial charge on any atom is 0.239 e. The fourth-order valence-corrected chi connectivity index (χ4v) is 2.12. The summed E-state index contributed by atoms with van der Waals surface area (Å²) in [6.07, 6.45) is 2.55. The van der Waals surface area contributed by atoms with E-state index in [0.717, 1.165) is 19.3 Å². The zero-order chi connectivity index (χ0) is 14.4. The molecule has 4 heteroatoms. The number of nitrogens with zero attached hydrogens (tertiary/aromatic N) is 1. The van der Waals surface area contributed by atoms with Crippen molar-refractivity contribution in [3.8, 4) is 0 Å². The van der Waals surface area contributed by atoms with Gasteiger partial charge in [-0.25, -0.2) is 0 Å². The van der Waals surface area contributed by atoms with Crippen molar-refractivity contribution in [2.45, 2.75) is 52.1 Å². The van der Waals surface area contributed by atoms with E-state index in [1.807, 2.05) is 14.0 Å². The monoisotopic (exact) mass is 298 g/mol. The number of halogens is 1. The zero-order valence-corrected chi connectivity index (χ0v) is 13.7. The summed E-state index contributed by atoms with van der Waals surface area (Å²) in [7, 11) is 1.84. The van der Waals surface area contributed by atoms with Gasteiger partial charge in [0.25, 0.3) is 0 Å². The van der Waals surface area contributed by atoms with Crippen LogP contribution in [0.1, 0.15) is 37.8 Å². The average Bonchev–Trinajstić information content (AvgIpc) is 2.39. The van der Waals surface area contributed by atoms with Gasteiger partial charge in [0.15, 0.2) is 0 Å². The van der Waals surface area contributed by atoms with Crippen LogP contribution in [0.5, 0.6) is 0 Å². The van der Waals surface area contributed by atoms with Gasteiger partial charge in [-0.05, 0) is 32.3 Å². The number of rotatable bonds is 6. The van der Waals surface area contributed by atoms with E-state index in [1.165, 1.54) is 11.1 Å². The van der Waals surface area contributed by atoms with E-state index in [1.54, 1.807) is 4.90 Å². The minimum atomic E-state index is -0.365.